The third-order valence-electron chi connectivity index (χ3n) is 15.0. The normalized spacial score (nSPS) is 11.3. The van der Waals surface area contributed by atoms with E-state index in [1.165, 1.54) is 96.9 Å². The highest BCUT2D eigenvalue weighted by molar-refractivity contribution is 5.42. The van der Waals surface area contributed by atoms with Crippen molar-refractivity contribution < 1.29 is 176 Å². The van der Waals surface area contributed by atoms with E-state index in [9.17, 15) is 177 Å². The lowest BCUT2D eigenvalue weighted by Gasteiger charge is -2.15. The first-order valence-corrected chi connectivity index (χ1v) is 32.6. The molecule has 0 aliphatic heterocycles. The van der Waals surface area contributed by atoms with Gasteiger partial charge in [-0.05, 0) is 47.3 Å². The van der Waals surface area contributed by atoms with Crippen molar-refractivity contribution in [2.24, 2.45) is 0 Å². The van der Waals surface area contributed by atoms with Crippen LogP contribution in [-0.4, -0.2) is 16.3 Å². The van der Waals surface area contributed by atoms with Crippen LogP contribution >= 0.6 is 0 Å². The summed E-state index contributed by atoms with van der Waals surface area (Å²) in [5, 5.41) is 18.5. The minimum atomic E-state index is -5.49. The Morgan fingerprint density at radius 1 is 0.305 bits per heavy atom. The molecule has 0 unspecified atom stereocenters. The fourth-order valence-corrected chi connectivity index (χ4v) is 9.65. The van der Waals surface area contributed by atoms with Gasteiger partial charge in [0.2, 0.25) is 34.8 Å². The molecular weight excluding hydrogens is 1700 g/mol. The van der Waals surface area contributed by atoms with Crippen molar-refractivity contribution in [1.29, 1.82) is 5.26 Å². The van der Waals surface area contributed by atoms with Crippen molar-refractivity contribution >= 4 is 5.69 Å². The van der Waals surface area contributed by atoms with Crippen LogP contribution in [0, 0.1) is 208 Å². The average Bonchev–Trinajstić information content (AvgIpc) is 0.761. The Hall–Kier alpha value is -10.3. The number of nitro benzene ring substituents is 1. The molecule has 0 saturated heterocycles. The molecule has 7 aromatic carbocycles. The van der Waals surface area contributed by atoms with Gasteiger partial charge >= 0.3 is 18.2 Å². The first kappa shape index (κ1) is 106. The number of hydrogen-bond donors (Lipinski definition) is 0. The second-order valence-electron chi connectivity index (χ2n) is 26.1. The van der Waals surface area contributed by atoms with Crippen LogP contribution in [0.5, 0.6) is 5.75 Å². The van der Waals surface area contributed by atoms with Gasteiger partial charge < -0.3 is 4.74 Å². The summed E-state index contributed by atoms with van der Waals surface area (Å²) < 4.78 is 489. The minimum Gasteiger partial charge on any atom is -0.399 e. The van der Waals surface area contributed by atoms with Crippen molar-refractivity contribution in [2.75, 3.05) is 0 Å². The summed E-state index contributed by atoms with van der Waals surface area (Å²) in [6, 6.07) is 2.67. The molecule has 0 fully saturated rings. The summed E-state index contributed by atoms with van der Waals surface area (Å²) in [6.07, 6.45) is -11.0. The molecule has 0 saturated carbocycles. The Morgan fingerprint density at radius 2 is 0.534 bits per heavy atom. The van der Waals surface area contributed by atoms with Gasteiger partial charge in [-0.25, -0.2) is 114 Å². The molecule has 8 rings (SSSR count). The van der Waals surface area contributed by atoms with Crippen LogP contribution in [0.1, 0.15) is 214 Å². The summed E-state index contributed by atoms with van der Waals surface area (Å²) in [6.45, 7) is 22.0. The molecule has 118 heavy (non-hydrogen) atoms. The molecule has 0 aliphatic rings. The number of nitrogens with zero attached hydrogens (tertiary/aromatic N) is 3. The van der Waals surface area contributed by atoms with Crippen LogP contribution in [0.15, 0.2) is 18.2 Å². The number of pyridine rings is 1. The van der Waals surface area contributed by atoms with E-state index < -0.39 is 307 Å². The van der Waals surface area contributed by atoms with Gasteiger partial charge in [0, 0.05) is 62.7 Å². The van der Waals surface area contributed by atoms with Crippen molar-refractivity contribution in [1.82, 2.24) is 4.98 Å². The molecule has 0 atom stereocenters. The maximum Gasteiger partial charge on any atom is 0.573 e. The Morgan fingerprint density at radius 3 is 0.780 bits per heavy atom. The first-order chi connectivity index (χ1) is 53.6. The molecule has 8 aromatic rings. The fraction of sp³-hybridized carbons (Fsp3) is 0.351. The van der Waals surface area contributed by atoms with Crippen LogP contribution in [0.3, 0.4) is 0 Å². The topological polar surface area (TPSA) is 89.0 Å². The van der Waals surface area contributed by atoms with Gasteiger partial charge in [0.05, 0.1) is 4.92 Å². The van der Waals surface area contributed by atoms with Crippen molar-refractivity contribution in [3.05, 3.63) is 270 Å². The SMILES string of the molecule is CC(C)c1c(F)c(F)c(C#N)c(F)c1F.CC(C)c1c(F)c(F)c(C(F)(F)F)c(F)c1F.CC(C)c1c(F)c(F)c(F)c(F)c1F.CC(C)c1c(F)c(F)c(OC(F)(F)F)c(F)c1F.CC(C)c1c(F)c(F)c([N+](=O)[O-])c(F)c1F.CC(C)c1c(F)c(F)cc(F)c1F.CC(C)c1c(F)c(F)nc(F)c1F.CC(C)c1c(F)cc(F)cc1F. The third kappa shape index (κ3) is 25.1. The number of rotatable bonds is 10. The van der Waals surface area contributed by atoms with Gasteiger partial charge in [-0.1, -0.05) is 111 Å². The van der Waals surface area contributed by atoms with Gasteiger partial charge in [0.15, 0.2) is 128 Å². The number of hydrogen-bond acceptors (Lipinski definition) is 5. The summed E-state index contributed by atoms with van der Waals surface area (Å²) in [5.41, 5.74) is -11.1. The smallest absolute Gasteiger partial charge is 0.399 e. The molecule has 0 spiro atoms. The Balaban J connectivity index is 0.000000676. The number of halogens is 38. The zero-order valence-corrected chi connectivity index (χ0v) is 62.8. The number of nitro groups is 1. The van der Waals surface area contributed by atoms with Gasteiger partial charge in [-0.3, -0.25) is 10.1 Å². The zero-order chi connectivity index (χ0) is 92.8. The van der Waals surface area contributed by atoms with Crippen LogP contribution in [-0.2, 0) is 6.18 Å². The maximum absolute atomic E-state index is 13.3. The molecule has 0 radical (unpaired) electrons. The fourth-order valence-electron chi connectivity index (χ4n) is 9.65. The Kier molecular flexibility index (Phi) is 38.5. The number of benzene rings is 7. The standard InChI is InChI=1S/C10H7F7O.C10H7F7.C10H7F4N.C9H7F5.C9H7F4NO2.C9H8F4.C9H9F3.C8H7F4N/c1-3(2)4-5(11)7(13)9(8(14)6(4)12)18-10(15,16)17;1-3(2)4-6(11)8(13)5(10(15,16)17)9(14)7(4)12;1-4(2)6-9(13)7(11)5(3-15)8(12)10(6)14;1-3(2)4-5(10)7(12)9(14)8(13)6(4)11;1-3(2)4-5(10)7(12)9(14(15)16)8(13)6(4)11;1-4(2)7-8(12)5(10)3-6(11)9(7)13;1-5(2)9-7(11)3-6(10)4-8(9)12;1-3(2)4-5(9)7(11)13-8(12)6(4)10/h3H,1-2H3;3H,1-2H3;4H,1-2H3;3H,1-2H3;3H,1-2H3;3-4H,1-2H3;3-5H,1-2H3;3H,1-2H3. The predicted octanol–water partition coefficient (Wildman–Crippen LogP) is 28.0. The van der Waals surface area contributed by atoms with Gasteiger partial charge in [-0.2, -0.15) is 49.8 Å². The molecular formula is C74H59F38N3O3. The predicted molar refractivity (Wildman–Crippen MR) is 344 cm³/mol. The highest BCUT2D eigenvalue weighted by Crippen LogP contribution is 2.41. The lowest BCUT2D eigenvalue weighted by molar-refractivity contribution is -0.390. The van der Waals surface area contributed by atoms with Gasteiger partial charge in [-0.15, -0.1) is 13.2 Å². The summed E-state index contributed by atoms with van der Waals surface area (Å²) in [7, 11) is 0. The van der Waals surface area contributed by atoms with E-state index in [4.69, 9.17) is 5.26 Å². The van der Waals surface area contributed by atoms with E-state index in [1.54, 1.807) is 13.8 Å². The van der Waals surface area contributed by atoms with Crippen LogP contribution in [0.2, 0.25) is 0 Å². The molecule has 0 bridgehead atoms. The van der Waals surface area contributed by atoms with E-state index in [0.717, 1.165) is 6.07 Å². The summed E-state index contributed by atoms with van der Waals surface area (Å²) >= 11 is 0. The molecule has 1 heterocycles. The molecule has 0 amide bonds. The van der Waals surface area contributed by atoms with E-state index in [-0.39, 0.29) is 17.5 Å². The highest BCUT2D eigenvalue weighted by atomic mass is 19.4. The maximum atomic E-state index is 13.3. The molecule has 0 N–H and O–H groups in total. The molecule has 6 nitrogen and oxygen atoms in total. The molecule has 44 heteroatoms. The lowest BCUT2D eigenvalue weighted by atomic mass is 9.98. The van der Waals surface area contributed by atoms with Crippen LogP contribution < -0.4 is 4.74 Å². The minimum absolute atomic E-state index is 0.0589. The second-order valence-corrected chi connectivity index (χ2v) is 26.1. The number of alkyl halides is 6. The van der Waals surface area contributed by atoms with Crippen molar-refractivity contribution in [3.63, 3.8) is 0 Å². The third-order valence-corrected chi connectivity index (χ3v) is 15.0. The average molecular weight is 1760 g/mol. The van der Waals surface area contributed by atoms with Crippen molar-refractivity contribution in [3.8, 4) is 11.8 Å². The van der Waals surface area contributed by atoms with E-state index in [2.05, 4.69) is 9.72 Å². The first-order valence-electron chi connectivity index (χ1n) is 32.6. The lowest BCUT2D eigenvalue weighted by Crippen LogP contribution is -2.20. The van der Waals surface area contributed by atoms with E-state index in [1.807, 2.05) is 0 Å². The Bertz CT molecular complexity index is 4700. The van der Waals surface area contributed by atoms with E-state index in [0.29, 0.717) is 12.1 Å². The van der Waals surface area contributed by atoms with Gasteiger partial charge in [0.25, 0.3) is 11.9 Å². The zero-order valence-electron chi connectivity index (χ0n) is 62.8. The quantitative estimate of drug-likeness (QED) is 0.0340. The highest BCUT2D eigenvalue weighted by Gasteiger charge is 2.43. The molecule has 654 valence electrons. The molecule has 1 aromatic heterocycles. The van der Waals surface area contributed by atoms with Crippen LogP contribution in [0.4, 0.5) is 173 Å². The van der Waals surface area contributed by atoms with Gasteiger partial charge in [0.1, 0.15) is 34.6 Å². The van der Waals surface area contributed by atoms with Crippen LogP contribution in [0.25, 0.3) is 0 Å². The monoisotopic (exact) mass is 1760 g/mol. The molecule has 0 aliphatic carbocycles. The largest absolute Gasteiger partial charge is 0.573 e. The van der Waals surface area contributed by atoms with E-state index >= 15 is 0 Å². The number of aromatic nitrogens is 1. The summed E-state index contributed by atoms with van der Waals surface area (Å²) in [5.74, 6) is -62.0. The second kappa shape index (κ2) is 42.9. The number of ether oxygens (including phenoxy) is 1. The van der Waals surface area contributed by atoms with Crippen molar-refractivity contribution in [2.45, 2.75) is 171 Å². The summed E-state index contributed by atoms with van der Waals surface area (Å²) in [4.78, 5) is 11.2. The number of nitriles is 1. The Labute approximate surface area is 643 Å².